The van der Waals surface area contributed by atoms with Crippen LogP contribution in [0.25, 0.3) is 0 Å². The smallest absolute Gasteiger partial charge is 0.124 e. The molecule has 1 aromatic rings. The van der Waals surface area contributed by atoms with Crippen LogP contribution in [0.4, 0.5) is 4.39 Å². The van der Waals surface area contributed by atoms with Gasteiger partial charge in [0.2, 0.25) is 0 Å². The molecule has 0 aliphatic rings. The van der Waals surface area contributed by atoms with Gasteiger partial charge in [-0.1, -0.05) is 22.0 Å². The van der Waals surface area contributed by atoms with E-state index in [4.69, 9.17) is 4.74 Å². The summed E-state index contributed by atoms with van der Waals surface area (Å²) < 4.78 is 18.2. The van der Waals surface area contributed by atoms with Crippen molar-refractivity contribution in [3.63, 3.8) is 0 Å². The Bertz CT molecular complexity index is 250. The lowest BCUT2D eigenvalue weighted by Gasteiger charge is -2.01. The van der Waals surface area contributed by atoms with E-state index >= 15 is 0 Å². The fraction of sp³-hybridized carbons (Fsp3) is 0.250. The molecule has 0 aliphatic carbocycles. The van der Waals surface area contributed by atoms with Crippen molar-refractivity contribution in [3.8, 4) is 0 Å². The minimum absolute atomic E-state index is 0.239. The highest BCUT2D eigenvalue weighted by atomic mass is 79.9. The topological polar surface area (TPSA) is 9.23 Å². The molecule has 0 heterocycles. The van der Waals surface area contributed by atoms with Gasteiger partial charge in [0.25, 0.3) is 0 Å². The summed E-state index contributed by atoms with van der Waals surface area (Å²) in [5.74, 6) is -0.239. The van der Waals surface area contributed by atoms with Crippen LogP contribution in [0.15, 0.2) is 22.7 Å². The molecule has 3 heteroatoms. The van der Waals surface area contributed by atoms with Crippen molar-refractivity contribution in [2.75, 3.05) is 7.11 Å². The summed E-state index contributed by atoms with van der Waals surface area (Å²) in [5, 5.41) is 0. The lowest BCUT2D eigenvalue weighted by atomic mass is 10.2. The van der Waals surface area contributed by atoms with Crippen molar-refractivity contribution >= 4 is 15.9 Å². The molecule has 11 heavy (non-hydrogen) atoms. The molecule has 0 fully saturated rings. The van der Waals surface area contributed by atoms with Gasteiger partial charge in [-0.15, -0.1) is 0 Å². The fourth-order valence-electron chi connectivity index (χ4n) is 0.794. The molecular formula is C8H8BrFO. The Morgan fingerprint density at radius 3 is 2.82 bits per heavy atom. The number of halogens is 2. The van der Waals surface area contributed by atoms with Gasteiger partial charge >= 0.3 is 0 Å². The van der Waals surface area contributed by atoms with E-state index in [-0.39, 0.29) is 5.82 Å². The minimum atomic E-state index is -0.239. The molecule has 1 aromatic carbocycles. The van der Waals surface area contributed by atoms with Crippen molar-refractivity contribution in [3.05, 3.63) is 34.1 Å². The maximum Gasteiger partial charge on any atom is 0.124 e. The van der Waals surface area contributed by atoms with Crippen molar-refractivity contribution in [2.45, 2.75) is 6.61 Å². The first-order valence-corrected chi connectivity index (χ1v) is 3.96. The van der Waals surface area contributed by atoms with Gasteiger partial charge in [0.15, 0.2) is 0 Å². The molecule has 0 unspecified atom stereocenters. The van der Waals surface area contributed by atoms with Crippen molar-refractivity contribution in [1.29, 1.82) is 0 Å². The first kappa shape index (κ1) is 8.68. The van der Waals surface area contributed by atoms with Gasteiger partial charge in [-0.2, -0.15) is 0 Å². The summed E-state index contributed by atoms with van der Waals surface area (Å²) in [6.45, 7) is 0.501. The largest absolute Gasteiger partial charge is 0.380 e. The maximum atomic E-state index is 12.5. The predicted octanol–water partition coefficient (Wildman–Crippen LogP) is 2.73. The van der Waals surface area contributed by atoms with Crippen LogP contribution >= 0.6 is 15.9 Å². The van der Waals surface area contributed by atoms with Gasteiger partial charge in [0.05, 0.1) is 6.61 Å². The SMILES string of the molecule is COCc1ccc(F)cc1Br. The summed E-state index contributed by atoms with van der Waals surface area (Å²) in [7, 11) is 1.61. The van der Waals surface area contributed by atoms with Gasteiger partial charge in [-0.05, 0) is 17.7 Å². The van der Waals surface area contributed by atoms with Gasteiger partial charge in [-0.25, -0.2) is 4.39 Å². The third-order valence-electron chi connectivity index (χ3n) is 1.31. The fourth-order valence-corrected chi connectivity index (χ4v) is 1.26. The normalized spacial score (nSPS) is 10.1. The molecular weight excluding hydrogens is 211 g/mol. The van der Waals surface area contributed by atoms with Crippen LogP contribution in [0.5, 0.6) is 0 Å². The second kappa shape index (κ2) is 3.83. The van der Waals surface area contributed by atoms with Gasteiger partial charge < -0.3 is 4.74 Å². The first-order valence-electron chi connectivity index (χ1n) is 3.17. The molecule has 0 radical (unpaired) electrons. The van der Waals surface area contributed by atoms with E-state index in [0.717, 1.165) is 10.0 Å². The van der Waals surface area contributed by atoms with E-state index in [1.54, 1.807) is 13.2 Å². The lowest BCUT2D eigenvalue weighted by molar-refractivity contribution is 0.184. The Hall–Kier alpha value is -0.410. The van der Waals surface area contributed by atoms with E-state index in [9.17, 15) is 4.39 Å². The van der Waals surface area contributed by atoms with Crippen LogP contribution in [0.2, 0.25) is 0 Å². The second-order valence-electron chi connectivity index (χ2n) is 2.17. The molecule has 0 aromatic heterocycles. The summed E-state index contributed by atoms with van der Waals surface area (Å²) in [5.41, 5.74) is 0.953. The zero-order valence-electron chi connectivity index (χ0n) is 6.10. The van der Waals surface area contributed by atoms with Crippen molar-refractivity contribution in [2.24, 2.45) is 0 Å². The molecule has 0 bridgehead atoms. The molecule has 0 N–H and O–H groups in total. The number of ether oxygens (including phenoxy) is 1. The van der Waals surface area contributed by atoms with Gasteiger partial charge in [0.1, 0.15) is 5.82 Å². The van der Waals surface area contributed by atoms with E-state index in [1.807, 2.05) is 0 Å². The summed E-state index contributed by atoms with van der Waals surface area (Å²) in [6.07, 6.45) is 0. The molecule has 1 rings (SSSR count). The third-order valence-corrected chi connectivity index (χ3v) is 2.05. The van der Waals surface area contributed by atoms with E-state index in [2.05, 4.69) is 15.9 Å². The molecule has 0 saturated heterocycles. The zero-order valence-corrected chi connectivity index (χ0v) is 7.69. The Labute approximate surface area is 73.3 Å². The van der Waals surface area contributed by atoms with Crippen LogP contribution in [-0.4, -0.2) is 7.11 Å². The maximum absolute atomic E-state index is 12.5. The quantitative estimate of drug-likeness (QED) is 0.742. The van der Waals surface area contributed by atoms with Crippen LogP contribution in [0.1, 0.15) is 5.56 Å². The van der Waals surface area contributed by atoms with Crippen molar-refractivity contribution in [1.82, 2.24) is 0 Å². The average Bonchev–Trinajstić information content (AvgIpc) is 1.95. The molecule has 60 valence electrons. The van der Waals surface area contributed by atoms with Gasteiger partial charge in [-0.3, -0.25) is 0 Å². The predicted molar refractivity (Wildman–Crippen MR) is 44.8 cm³/mol. The number of methoxy groups -OCH3 is 1. The Balaban J connectivity index is 2.90. The lowest BCUT2D eigenvalue weighted by Crippen LogP contribution is -1.89. The minimum Gasteiger partial charge on any atom is -0.380 e. The molecule has 1 nitrogen and oxygen atoms in total. The van der Waals surface area contributed by atoms with E-state index in [1.165, 1.54) is 12.1 Å². The number of rotatable bonds is 2. The molecule has 0 spiro atoms. The Kier molecular flexibility index (Phi) is 3.02. The molecule has 0 amide bonds. The number of hydrogen-bond donors (Lipinski definition) is 0. The standard InChI is InChI=1S/C8H8BrFO/c1-11-5-6-2-3-7(10)4-8(6)9/h2-4H,5H2,1H3. The molecule has 0 aliphatic heterocycles. The number of benzene rings is 1. The summed E-state index contributed by atoms with van der Waals surface area (Å²) >= 11 is 3.23. The first-order chi connectivity index (χ1) is 5.24. The van der Waals surface area contributed by atoms with E-state index < -0.39 is 0 Å². The Morgan fingerprint density at radius 1 is 1.55 bits per heavy atom. The van der Waals surface area contributed by atoms with Crippen LogP contribution in [0, 0.1) is 5.82 Å². The van der Waals surface area contributed by atoms with E-state index in [0.29, 0.717) is 6.61 Å². The average molecular weight is 219 g/mol. The monoisotopic (exact) mass is 218 g/mol. The molecule has 0 saturated carbocycles. The third kappa shape index (κ3) is 2.27. The van der Waals surface area contributed by atoms with Crippen molar-refractivity contribution < 1.29 is 9.13 Å². The zero-order chi connectivity index (χ0) is 8.27. The Morgan fingerprint density at radius 2 is 2.27 bits per heavy atom. The number of hydrogen-bond acceptors (Lipinski definition) is 1. The highest BCUT2D eigenvalue weighted by Gasteiger charge is 1.99. The summed E-state index contributed by atoms with van der Waals surface area (Å²) in [6, 6.07) is 4.54. The van der Waals surface area contributed by atoms with Crippen LogP contribution in [0.3, 0.4) is 0 Å². The second-order valence-corrected chi connectivity index (χ2v) is 3.02. The van der Waals surface area contributed by atoms with Gasteiger partial charge in [0, 0.05) is 11.6 Å². The van der Waals surface area contributed by atoms with Crippen LogP contribution in [-0.2, 0) is 11.3 Å². The van der Waals surface area contributed by atoms with Crippen LogP contribution < -0.4 is 0 Å². The highest BCUT2D eigenvalue weighted by molar-refractivity contribution is 9.10. The summed E-state index contributed by atoms with van der Waals surface area (Å²) in [4.78, 5) is 0. The highest BCUT2D eigenvalue weighted by Crippen LogP contribution is 2.18. The molecule has 0 atom stereocenters.